The second-order valence-electron chi connectivity index (χ2n) is 12.6. The lowest BCUT2D eigenvalue weighted by molar-refractivity contribution is -0.142. The summed E-state index contributed by atoms with van der Waals surface area (Å²) in [7, 11) is 0. The van der Waals surface area contributed by atoms with Crippen molar-refractivity contribution in [3.05, 3.63) is 22.8 Å². The van der Waals surface area contributed by atoms with Crippen LogP contribution in [0, 0.1) is 39.9 Å². The van der Waals surface area contributed by atoms with Crippen LogP contribution < -0.4 is 0 Å². The number of aldehydes is 1. The molecule has 174 valence electrons. The summed E-state index contributed by atoms with van der Waals surface area (Å²) in [5.74, 6) is 2.68. The van der Waals surface area contributed by atoms with E-state index in [4.69, 9.17) is 0 Å². The lowest BCUT2D eigenvalue weighted by Gasteiger charge is -2.59. The van der Waals surface area contributed by atoms with Crippen molar-refractivity contribution in [1.82, 2.24) is 0 Å². The van der Waals surface area contributed by atoms with Crippen LogP contribution in [0.15, 0.2) is 22.8 Å². The van der Waals surface area contributed by atoms with E-state index >= 15 is 0 Å². The van der Waals surface area contributed by atoms with E-state index in [1.807, 2.05) is 6.92 Å². The molecule has 0 heterocycles. The van der Waals surface area contributed by atoms with Crippen LogP contribution in [0.25, 0.3) is 0 Å². The highest BCUT2D eigenvalue weighted by Crippen LogP contribution is 2.67. The van der Waals surface area contributed by atoms with Crippen LogP contribution in [0.1, 0.15) is 106 Å². The van der Waals surface area contributed by atoms with E-state index in [9.17, 15) is 9.90 Å². The zero-order valence-corrected chi connectivity index (χ0v) is 21.0. The first kappa shape index (κ1) is 23.3. The second kappa shape index (κ2) is 8.15. The molecule has 0 radical (unpaired) electrons. The zero-order valence-electron chi connectivity index (χ0n) is 21.0. The normalized spacial score (nSPS) is 45.4. The first-order valence-electron chi connectivity index (χ1n) is 13.1. The summed E-state index contributed by atoms with van der Waals surface area (Å²) in [6.45, 7) is 14.0. The molecule has 0 saturated heterocycles. The summed E-state index contributed by atoms with van der Waals surface area (Å²) in [6.07, 6.45) is 14.9. The Labute approximate surface area is 191 Å². The van der Waals surface area contributed by atoms with Gasteiger partial charge in [-0.15, -0.1) is 0 Å². The zero-order chi connectivity index (χ0) is 22.6. The minimum Gasteiger partial charge on any atom is -0.392 e. The van der Waals surface area contributed by atoms with Crippen molar-refractivity contribution in [3.8, 4) is 0 Å². The van der Waals surface area contributed by atoms with Gasteiger partial charge in [-0.2, -0.15) is 0 Å². The van der Waals surface area contributed by atoms with Crippen LogP contribution in [0.4, 0.5) is 0 Å². The summed E-state index contributed by atoms with van der Waals surface area (Å²) in [5.41, 5.74) is 4.93. The molecule has 0 aromatic carbocycles. The summed E-state index contributed by atoms with van der Waals surface area (Å²) >= 11 is 0. The smallest absolute Gasteiger partial charge is 0.128 e. The molecule has 2 nitrogen and oxygen atoms in total. The fourth-order valence-electron chi connectivity index (χ4n) is 9.00. The van der Waals surface area contributed by atoms with Gasteiger partial charge in [0.25, 0.3) is 0 Å². The van der Waals surface area contributed by atoms with Gasteiger partial charge in [0.2, 0.25) is 0 Å². The van der Waals surface area contributed by atoms with Crippen molar-refractivity contribution in [2.45, 2.75) is 112 Å². The molecular weight excluding hydrogens is 380 g/mol. The Morgan fingerprint density at radius 1 is 1.10 bits per heavy atom. The van der Waals surface area contributed by atoms with Gasteiger partial charge in [-0.1, -0.05) is 50.5 Å². The summed E-state index contributed by atoms with van der Waals surface area (Å²) in [6, 6.07) is 0. The van der Waals surface area contributed by atoms with Crippen LogP contribution in [0.2, 0.25) is 0 Å². The molecule has 4 unspecified atom stereocenters. The molecule has 4 rings (SSSR count). The predicted octanol–water partition coefficient (Wildman–Crippen LogP) is 7.27. The molecule has 2 heteroatoms. The highest BCUT2D eigenvalue weighted by Gasteiger charge is 2.60. The average molecular weight is 427 g/mol. The highest BCUT2D eigenvalue weighted by atomic mass is 16.3. The summed E-state index contributed by atoms with van der Waals surface area (Å²) < 4.78 is 0. The number of rotatable bonds is 5. The topological polar surface area (TPSA) is 37.3 Å². The standard InChI is InChI=1S/C29H46O2/c1-19(2)8-7-9-20(3)22-11-12-23-21-10-13-25-28(5,24(21)14-16-27(22,23)4)17-15-26(31)29(25,6)18-30/h8,18,20,22-23,25-26,31H,7,9-17H2,1-6H3/t20?,22?,23?,25?,26-,27+,28+,29-/m0/s1. The van der Waals surface area contributed by atoms with Crippen molar-refractivity contribution < 1.29 is 9.90 Å². The third kappa shape index (κ3) is 3.51. The van der Waals surface area contributed by atoms with Crippen molar-refractivity contribution >= 4 is 6.29 Å². The lowest BCUT2D eigenvalue weighted by Crippen LogP contribution is -2.55. The molecular formula is C29H46O2. The third-order valence-corrected chi connectivity index (χ3v) is 10.8. The van der Waals surface area contributed by atoms with E-state index in [0.29, 0.717) is 11.3 Å². The number of allylic oxidation sites excluding steroid dienone is 4. The van der Waals surface area contributed by atoms with E-state index in [0.717, 1.165) is 49.7 Å². The highest BCUT2D eigenvalue weighted by molar-refractivity contribution is 5.62. The van der Waals surface area contributed by atoms with Crippen molar-refractivity contribution in [2.24, 2.45) is 39.9 Å². The maximum atomic E-state index is 12.1. The Balaban J connectivity index is 1.60. The second-order valence-corrected chi connectivity index (χ2v) is 12.6. The fraction of sp³-hybridized carbons (Fsp3) is 0.828. The minimum atomic E-state index is -0.579. The number of hydrogen-bond donors (Lipinski definition) is 1. The van der Waals surface area contributed by atoms with Gasteiger partial charge in [0, 0.05) is 0 Å². The lowest BCUT2D eigenvalue weighted by atomic mass is 9.45. The van der Waals surface area contributed by atoms with Gasteiger partial charge in [0.15, 0.2) is 0 Å². The first-order chi connectivity index (χ1) is 14.6. The number of carbonyl (C=O) groups is 1. The maximum Gasteiger partial charge on any atom is 0.128 e. The molecule has 4 aliphatic rings. The molecule has 4 aliphatic carbocycles. The van der Waals surface area contributed by atoms with Gasteiger partial charge in [-0.3, -0.25) is 0 Å². The van der Waals surface area contributed by atoms with Crippen LogP contribution in [-0.4, -0.2) is 17.5 Å². The molecule has 1 N–H and O–H groups in total. The van der Waals surface area contributed by atoms with Gasteiger partial charge < -0.3 is 9.90 Å². The molecule has 0 spiro atoms. The SMILES string of the molecule is CC(C)=CCCC(C)C1CCC2C3=C(CC[C@@]21C)[C@@]1(C)CC[C@H](O)[C@@](C)(C=O)C1CC3. The molecule has 31 heavy (non-hydrogen) atoms. The Morgan fingerprint density at radius 2 is 1.84 bits per heavy atom. The molecule has 8 atom stereocenters. The number of aliphatic hydroxyl groups excluding tert-OH is 1. The third-order valence-electron chi connectivity index (χ3n) is 10.8. The maximum absolute atomic E-state index is 12.1. The summed E-state index contributed by atoms with van der Waals surface area (Å²) in [4.78, 5) is 12.1. The van der Waals surface area contributed by atoms with Gasteiger partial charge in [0.1, 0.15) is 6.29 Å². The van der Waals surface area contributed by atoms with E-state index in [2.05, 4.69) is 40.7 Å². The van der Waals surface area contributed by atoms with Crippen LogP contribution >= 0.6 is 0 Å². The van der Waals surface area contributed by atoms with E-state index in [-0.39, 0.29) is 5.41 Å². The Bertz CT molecular complexity index is 774. The van der Waals surface area contributed by atoms with Crippen LogP contribution in [0.5, 0.6) is 0 Å². The minimum absolute atomic E-state index is 0.108. The number of aliphatic hydroxyl groups is 1. The van der Waals surface area contributed by atoms with Crippen molar-refractivity contribution in [3.63, 3.8) is 0 Å². The summed E-state index contributed by atoms with van der Waals surface area (Å²) in [5, 5.41) is 10.7. The monoisotopic (exact) mass is 426 g/mol. The first-order valence-corrected chi connectivity index (χ1v) is 13.1. The predicted molar refractivity (Wildman–Crippen MR) is 129 cm³/mol. The van der Waals surface area contributed by atoms with Crippen molar-refractivity contribution in [2.75, 3.05) is 0 Å². The van der Waals surface area contributed by atoms with Crippen LogP contribution in [0.3, 0.4) is 0 Å². The Kier molecular flexibility index (Phi) is 6.12. The molecule has 0 aromatic rings. The molecule has 0 amide bonds. The van der Waals surface area contributed by atoms with Gasteiger partial charge in [0.05, 0.1) is 11.5 Å². The number of hydrogen-bond acceptors (Lipinski definition) is 2. The fourth-order valence-corrected chi connectivity index (χ4v) is 9.00. The average Bonchev–Trinajstić information content (AvgIpc) is 3.08. The molecule has 0 bridgehead atoms. The van der Waals surface area contributed by atoms with E-state index < -0.39 is 11.5 Å². The molecule has 0 aromatic heterocycles. The Morgan fingerprint density at radius 3 is 2.52 bits per heavy atom. The van der Waals surface area contributed by atoms with Crippen LogP contribution in [-0.2, 0) is 4.79 Å². The van der Waals surface area contributed by atoms with Gasteiger partial charge >= 0.3 is 0 Å². The van der Waals surface area contributed by atoms with Gasteiger partial charge in [-0.25, -0.2) is 0 Å². The van der Waals surface area contributed by atoms with Gasteiger partial charge in [-0.05, 0) is 113 Å². The van der Waals surface area contributed by atoms with Crippen molar-refractivity contribution in [1.29, 1.82) is 0 Å². The number of carbonyl (C=O) groups excluding carboxylic acids is 1. The Hall–Kier alpha value is -0.890. The van der Waals surface area contributed by atoms with E-state index in [1.165, 1.54) is 44.1 Å². The number of fused-ring (bicyclic) bond motifs is 4. The van der Waals surface area contributed by atoms with E-state index in [1.54, 1.807) is 11.1 Å². The quantitative estimate of drug-likeness (QED) is 0.371. The largest absolute Gasteiger partial charge is 0.392 e. The molecule has 2 saturated carbocycles. The molecule has 2 fully saturated rings. The molecule has 0 aliphatic heterocycles.